The molecule has 0 saturated heterocycles. The van der Waals surface area contributed by atoms with Crippen molar-refractivity contribution in [3.8, 4) is 17.2 Å². The molecule has 0 aliphatic heterocycles. The average Bonchev–Trinajstić information content (AvgIpc) is 4.14. The molecule has 59 heavy (non-hydrogen) atoms. The molecule has 16 atom stereocenters. The predicted molar refractivity (Wildman–Crippen MR) is 250 cm³/mol. The molecule has 0 amide bonds. The van der Waals surface area contributed by atoms with Crippen LogP contribution in [0.3, 0.4) is 0 Å². The van der Waals surface area contributed by atoms with Crippen molar-refractivity contribution in [1.82, 2.24) is 0 Å². The van der Waals surface area contributed by atoms with Gasteiger partial charge >= 0.3 is 0 Å². The van der Waals surface area contributed by atoms with E-state index in [-0.39, 0.29) is 0 Å². The molecule has 10 aliphatic carbocycles. The minimum Gasteiger partial charge on any atom is -0.508 e. The van der Waals surface area contributed by atoms with E-state index in [0.29, 0.717) is 17.2 Å². The second kappa shape index (κ2) is 23.3. The molecule has 3 aromatic carbocycles. The van der Waals surface area contributed by atoms with E-state index < -0.39 is 0 Å². The van der Waals surface area contributed by atoms with E-state index in [4.69, 9.17) is 15.3 Å². The molecule has 0 radical (unpaired) electrons. The summed E-state index contributed by atoms with van der Waals surface area (Å²) in [5.74, 6) is 20.5. The summed E-state index contributed by atoms with van der Waals surface area (Å²) in [7, 11) is 0. The molecule has 10 fully saturated rings. The van der Waals surface area contributed by atoms with Gasteiger partial charge < -0.3 is 15.3 Å². The van der Waals surface area contributed by atoms with Crippen LogP contribution in [0.4, 0.5) is 0 Å². The summed E-state index contributed by atoms with van der Waals surface area (Å²) in [6.07, 6.45) is 22.8. The number of phenolic OH excluding ortho intramolecular Hbond substituents is 3. The van der Waals surface area contributed by atoms with E-state index in [1.807, 2.05) is 73.6 Å². The maximum Gasteiger partial charge on any atom is 0.115 e. The Morgan fingerprint density at radius 2 is 0.508 bits per heavy atom. The van der Waals surface area contributed by atoms with Crippen molar-refractivity contribution in [2.75, 3.05) is 0 Å². The van der Waals surface area contributed by atoms with Crippen LogP contribution in [0.5, 0.6) is 17.2 Å². The molecule has 13 rings (SSSR count). The van der Waals surface area contributed by atoms with Crippen LogP contribution in [0.15, 0.2) is 91.0 Å². The lowest BCUT2D eigenvalue weighted by Gasteiger charge is -2.40. The number of benzene rings is 3. The highest BCUT2D eigenvalue weighted by Crippen LogP contribution is 2.74. The van der Waals surface area contributed by atoms with Crippen LogP contribution < -0.4 is 0 Å². The first-order valence-corrected chi connectivity index (χ1v) is 25.3. The van der Waals surface area contributed by atoms with Gasteiger partial charge in [0.15, 0.2) is 0 Å². The van der Waals surface area contributed by atoms with E-state index in [1.165, 1.54) is 94.7 Å². The van der Waals surface area contributed by atoms with Gasteiger partial charge in [0.2, 0.25) is 0 Å². The highest BCUT2D eigenvalue weighted by Gasteiger charge is 2.67. The van der Waals surface area contributed by atoms with Crippen molar-refractivity contribution < 1.29 is 15.3 Å². The number of aromatic hydroxyl groups is 3. The summed E-state index contributed by atoms with van der Waals surface area (Å²) in [5.41, 5.74) is 0. The molecule has 328 valence electrons. The summed E-state index contributed by atoms with van der Waals surface area (Å²) in [4.78, 5) is 0. The standard InChI is InChI=1S/2C15H22.3C6H6O.4C2H6/c2*1-2-10-11(3-1)13-7-12(10)14-8-4-5-9(6-8)15(13)14;3*7-6-4-2-1-3-5-6;4*1-2/h2*8-15H,1-7H2;3*1-5,7H;4*1-2H3. The molecular formula is C56H86O3. The Morgan fingerprint density at radius 1 is 0.288 bits per heavy atom. The molecule has 3 heteroatoms. The summed E-state index contributed by atoms with van der Waals surface area (Å²) in [6.45, 7) is 16.0. The number of phenols is 3. The van der Waals surface area contributed by atoms with Crippen LogP contribution in [0.25, 0.3) is 0 Å². The first kappa shape index (κ1) is 47.1. The largest absolute Gasteiger partial charge is 0.508 e. The van der Waals surface area contributed by atoms with E-state index >= 15 is 0 Å². The summed E-state index contributed by atoms with van der Waals surface area (Å²) in [6, 6.07) is 26.1. The fourth-order valence-electron chi connectivity index (χ4n) is 15.8. The smallest absolute Gasteiger partial charge is 0.115 e. The van der Waals surface area contributed by atoms with Gasteiger partial charge in [-0.2, -0.15) is 0 Å². The molecule has 3 aromatic rings. The first-order valence-electron chi connectivity index (χ1n) is 25.3. The zero-order chi connectivity index (χ0) is 42.5. The van der Waals surface area contributed by atoms with Crippen LogP contribution in [0.1, 0.15) is 145 Å². The van der Waals surface area contributed by atoms with Gasteiger partial charge in [-0.25, -0.2) is 0 Å². The van der Waals surface area contributed by atoms with E-state index in [9.17, 15) is 0 Å². The van der Waals surface area contributed by atoms with Crippen molar-refractivity contribution in [3.05, 3.63) is 91.0 Å². The van der Waals surface area contributed by atoms with Crippen molar-refractivity contribution in [2.45, 2.75) is 145 Å². The van der Waals surface area contributed by atoms with Crippen molar-refractivity contribution in [3.63, 3.8) is 0 Å². The lowest BCUT2D eigenvalue weighted by Crippen LogP contribution is -2.35. The van der Waals surface area contributed by atoms with Gasteiger partial charge in [-0.05, 0) is 208 Å². The Morgan fingerprint density at radius 3 is 0.695 bits per heavy atom. The van der Waals surface area contributed by atoms with Gasteiger partial charge in [-0.3, -0.25) is 0 Å². The maximum absolute atomic E-state index is 8.63. The van der Waals surface area contributed by atoms with Gasteiger partial charge in [0.25, 0.3) is 0 Å². The van der Waals surface area contributed by atoms with Crippen LogP contribution in [-0.2, 0) is 0 Å². The van der Waals surface area contributed by atoms with Gasteiger partial charge in [-0.1, -0.05) is 123 Å². The topological polar surface area (TPSA) is 60.7 Å². The Kier molecular flexibility index (Phi) is 18.6. The zero-order valence-electron chi connectivity index (χ0n) is 38.6. The molecule has 3 N–H and O–H groups in total. The quantitative estimate of drug-likeness (QED) is 0.198. The molecule has 0 spiro atoms. The van der Waals surface area contributed by atoms with E-state index in [1.54, 1.807) is 163 Å². The van der Waals surface area contributed by atoms with Gasteiger partial charge in [0.1, 0.15) is 17.2 Å². The van der Waals surface area contributed by atoms with Gasteiger partial charge in [0, 0.05) is 0 Å². The minimum absolute atomic E-state index is 0.322. The molecule has 16 unspecified atom stereocenters. The normalized spacial score (nSPS) is 38.4. The lowest BCUT2D eigenvalue weighted by atomic mass is 9.64. The highest BCUT2D eigenvalue weighted by atomic mass is 16.3. The minimum atomic E-state index is 0.322. The Hall–Kier alpha value is -2.94. The fourth-order valence-corrected chi connectivity index (χ4v) is 15.8. The second-order valence-electron chi connectivity index (χ2n) is 18.6. The van der Waals surface area contributed by atoms with Crippen LogP contribution >= 0.6 is 0 Å². The van der Waals surface area contributed by atoms with Crippen LogP contribution in [-0.4, -0.2) is 15.3 Å². The predicted octanol–water partition coefficient (Wildman–Crippen LogP) is 15.7. The Bertz CT molecular complexity index is 1350. The monoisotopic (exact) mass is 807 g/mol. The number of rotatable bonds is 0. The number of hydrogen-bond donors (Lipinski definition) is 3. The zero-order valence-corrected chi connectivity index (χ0v) is 38.6. The maximum atomic E-state index is 8.63. The molecule has 8 bridgehead atoms. The second-order valence-corrected chi connectivity index (χ2v) is 18.6. The van der Waals surface area contributed by atoms with Crippen molar-refractivity contribution in [2.24, 2.45) is 94.7 Å². The third-order valence-electron chi connectivity index (χ3n) is 16.9. The first-order chi connectivity index (χ1) is 29.0. The number of hydrogen-bond acceptors (Lipinski definition) is 3. The number of fused-ring (bicyclic) bond motifs is 24. The van der Waals surface area contributed by atoms with Crippen LogP contribution in [0.2, 0.25) is 0 Å². The van der Waals surface area contributed by atoms with Crippen LogP contribution in [0, 0.1) is 94.7 Å². The summed E-state index contributed by atoms with van der Waals surface area (Å²) >= 11 is 0. The Balaban J connectivity index is 0.000000140. The average molecular weight is 807 g/mol. The third-order valence-corrected chi connectivity index (χ3v) is 16.9. The third kappa shape index (κ3) is 10.2. The SMILES string of the molecule is C1CC2C(C1)C1CC2C2C3CCC(C3)C12.C1CC2C(C1)C1CC2C2C3CCC(C3)C12.CC.CC.CC.CC.Oc1ccccc1.Oc1ccccc1.Oc1ccccc1. The van der Waals surface area contributed by atoms with Crippen molar-refractivity contribution in [1.29, 1.82) is 0 Å². The van der Waals surface area contributed by atoms with E-state index in [2.05, 4.69) is 0 Å². The summed E-state index contributed by atoms with van der Waals surface area (Å²) < 4.78 is 0. The molecule has 0 aromatic heterocycles. The summed E-state index contributed by atoms with van der Waals surface area (Å²) in [5, 5.41) is 25.9. The number of para-hydroxylation sites is 3. The molecule has 3 nitrogen and oxygen atoms in total. The fraction of sp³-hybridized carbons (Fsp3) is 0.679. The lowest BCUT2D eigenvalue weighted by molar-refractivity contribution is 0.0716. The van der Waals surface area contributed by atoms with E-state index in [0.717, 1.165) is 0 Å². The van der Waals surface area contributed by atoms with Gasteiger partial charge in [-0.15, -0.1) is 0 Å². The molecular weight excluding hydrogens is 721 g/mol. The van der Waals surface area contributed by atoms with Gasteiger partial charge in [0.05, 0.1) is 0 Å². The molecule has 10 aliphatic rings. The molecule has 0 heterocycles. The molecule has 10 saturated carbocycles. The Labute approximate surface area is 362 Å². The highest BCUT2D eigenvalue weighted by molar-refractivity contribution is 5.20. The van der Waals surface area contributed by atoms with Crippen molar-refractivity contribution >= 4 is 0 Å².